The van der Waals surface area contributed by atoms with Crippen LogP contribution in [0.1, 0.15) is 0 Å². The molecule has 0 spiro atoms. The number of nitrogens with two attached hydrogens (primary N) is 2. The molecule has 0 saturated carbocycles. The number of amidine groups is 2. The maximum Gasteiger partial charge on any atom is 0.256 e. The van der Waals surface area contributed by atoms with Gasteiger partial charge in [0.05, 0.1) is 0 Å². The highest BCUT2D eigenvalue weighted by Crippen LogP contribution is 1.98. The summed E-state index contributed by atoms with van der Waals surface area (Å²) in [7, 11) is 0. The van der Waals surface area contributed by atoms with Crippen LogP contribution in [0.5, 0.6) is 0 Å². The molecule has 2 aliphatic heterocycles. The molecule has 2 heterocycles. The zero-order valence-electron chi connectivity index (χ0n) is 7.51. The van der Waals surface area contributed by atoms with E-state index >= 15 is 0 Å². The molecule has 0 amide bonds. The Morgan fingerprint density at radius 3 is 1.79 bits per heavy atom. The van der Waals surface area contributed by atoms with Gasteiger partial charge in [-0.15, -0.1) is 0 Å². The standard InChI is InChI=1S/C6H12N6O2/c13-11-5-6(12-14)10-4-3(9-5)7-1-2-8-4/h3-4,7-8,13-14H,1-2H2,(H,9,11)(H,10,12)/p+2/t3-,4-/m0/s1. The van der Waals surface area contributed by atoms with E-state index in [4.69, 9.17) is 10.4 Å². The van der Waals surface area contributed by atoms with Crippen LogP contribution in [0.2, 0.25) is 0 Å². The zero-order chi connectivity index (χ0) is 9.97. The van der Waals surface area contributed by atoms with Crippen molar-refractivity contribution in [2.24, 2.45) is 9.98 Å². The fourth-order valence-electron chi connectivity index (χ4n) is 1.66. The minimum Gasteiger partial charge on any atom is -0.314 e. The largest absolute Gasteiger partial charge is 0.314 e. The summed E-state index contributed by atoms with van der Waals surface area (Å²) in [4.78, 5) is 8.38. The van der Waals surface area contributed by atoms with E-state index in [0.29, 0.717) is 0 Å². The number of nitrogens with one attached hydrogen (secondary N) is 2. The van der Waals surface area contributed by atoms with E-state index in [9.17, 15) is 0 Å². The fourth-order valence-corrected chi connectivity index (χ4v) is 1.66. The molecule has 0 aromatic rings. The van der Waals surface area contributed by atoms with E-state index in [-0.39, 0.29) is 24.0 Å². The van der Waals surface area contributed by atoms with Crippen LogP contribution in [0.3, 0.4) is 0 Å². The molecular formula is C6H14N6O2+2. The third-order valence-corrected chi connectivity index (χ3v) is 2.33. The molecule has 0 aromatic carbocycles. The van der Waals surface area contributed by atoms with Crippen molar-refractivity contribution >= 4 is 11.7 Å². The summed E-state index contributed by atoms with van der Waals surface area (Å²) in [5, 5.41) is 21.6. The van der Waals surface area contributed by atoms with Crippen molar-refractivity contribution < 1.29 is 21.0 Å². The van der Waals surface area contributed by atoms with Gasteiger partial charge < -0.3 is 10.6 Å². The summed E-state index contributed by atoms with van der Waals surface area (Å²) in [6.07, 6.45) is -0.0639. The van der Waals surface area contributed by atoms with Crippen LogP contribution < -0.4 is 21.6 Å². The van der Waals surface area contributed by atoms with Crippen molar-refractivity contribution in [2.75, 3.05) is 13.1 Å². The second kappa shape index (κ2) is 3.88. The van der Waals surface area contributed by atoms with Crippen molar-refractivity contribution in [3.05, 3.63) is 0 Å². The lowest BCUT2D eigenvalue weighted by atomic mass is 10.2. The first-order chi connectivity index (χ1) is 6.85. The Bertz CT molecular complexity index is 249. The highest BCUT2D eigenvalue weighted by molar-refractivity contribution is 6.40. The molecule has 1 saturated heterocycles. The molecule has 78 valence electrons. The Kier molecular flexibility index (Phi) is 2.59. The predicted molar refractivity (Wildman–Crippen MR) is 45.9 cm³/mol. The van der Waals surface area contributed by atoms with Crippen LogP contribution in [0.25, 0.3) is 0 Å². The lowest BCUT2D eigenvalue weighted by Crippen LogP contribution is -3.11. The summed E-state index contributed by atoms with van der Waals surface area (Å²) in [5.41, 5.74) is 3.80. The molecule has 8 heteroatoms. The monoisotopic (exact) mass is 202 g/mol. The van der Waals surface area contributed by atoms with Gasteiger partial charge in [-0.25, -0.2) is 11.0 Å². The highest BCUT2D eigenvalue weighted by atomic mass is 16.5. The van der Waals surface area contributed by atoms with Gasteiger partial charge in [0, 0.05) is 0 Å². The Morgan fingerprint density at radius 2 is 1.43 bits per heavy atom. The van der Waals surface area contributed by atoms with E-state index in [0.717, 1.165) is 13.1 Å². The van der Waals surface area contributed by atoms with E-state index in [1.807, 2.05) is 11.0 Å². The van der Waals surface area contributed by atoms with Crippen LogP contribution in [0.4, 0.5) is 0 Å². The predicted octanol–water partition coefficient (Wildman–Crippen LogP) is -4.45. The van der Waals surface area contributed by atoms with Crippen molar-refractivity contribution in [1.29, 1.82) is 0 Å². The van der Waals surface area contributed by atoms with E-state index in [1.54, 1.807) is 0 Å². The average Bonchev–Trinajstić information content (AvgIpc) is 2.27. The van der Waals surface area contributed by atoms with E-state index in [1.165, 1.54) is 0 Å². The first-order valence-electron chi connectivity index (χ1n) is 4.48. The lowest BCUT2D eigenvalue weighted by Gasteiger charge is -2.26. The summed E-state index contributed by atoms with van der Waals surface area (Å²) >= 11 is 0. The van der Waals surface area contributed by atoms with Gasteiger partial charge in [-0.2, -0.15) is 9.98 Å². The van der Waals surface area contributed by atoms with Gasteiger partial charge in [0.15, 0.2) is 11.7 Å². The van der Waals surface area contributed by atoms with Crippen LogP contribution in [0.15, 0.2) is 9.98 Å². The molecular weight excluding hydrogens is 188 g/mol. The second-order valence-corrected chi connectivity index (χ2v) is 3.21. The summed E-state index contributed by atoms with van der Waals surface area (Å²) < 4.78 is 0. The van der Waals surface area contributed by atoms with Gasteiger partial charge in [0.2, 0.25) is 0 Å². The number of hydroxylamine groups is 2. The van der Waals surface area contributed by atoms with Gasteiger partial charge in [0.25, 0.3) is 12.3 Å². The SMILES string of the molecule is ONC1=N[C@@H]2[NH2+]CC[NH2+][C@H]2N=C1NO. The van der Waals surface area contributed by atoms with Crippen molar-refractivity contribution in [3.8, 4) is 0 Å². The number of hydrogen-bond acceptors (Lipinski definition) is 6. The van der Waals surface area contributed by atoms with Gasteiger partial charge in [-0.1, -0.05) is 0 Å². The number of nitrogens with zero attached hydrogens (tertiary/aromatic N) is 2. The summed E-state index contributed by atoms with van der Waals surface area (Å²) in [5.74, 6) is 0.334. The molecule has 0 radical (unpaired) electrons. The quantitative estimate of drug-likeness (QED) is 0.222. The molecule has 0 bridgehead atoms. The maximum atomic E-state index is 8.75. The average molecular weight is 202 g/mol. The first-order valence-corrected chi connectivity index (χ1v) is 4.48. The van der Waals surface area contributed by atoms with E-state index in [2.05, 4.69) is 20.6 Å². The zero-order valence-corrected chi connectivity index (χ0v) is 7.51. The second-order valence-electron chi connectivity index (χ2n) is 3.21. The Hall–Kier alpha value is -1.22. The number of fused-ring (bicyclic) bond motifs is 1. The van der Waals surface area contributed by atoms with Crippen molar-refractivity contribution in [2.45, 2.75) is 12.3 Å². The minimum absolute atomic E-state index is 0.0319. The van der Waals surface area contributed by atoms with Crippen LogP contribution >= 0.6 is 0 Å². The third-order valence-electron chi connectivity index (χ3n) is 2.33. The number of aliphatic imine (C=N–C) groups is 2. The Balaban J connectivity index is 2.19. The number of piperazine rings is 1. The molecule has 0 aromatic heterocycles. The highest BCUT2D eigenvalue weighted by Gasteiger charge is 2.35. The normalized spacial score (nSPS) is 31.3. The number of quaternary nitrogens is 2. The first kappa shape index (κ1) is 9.34. The molecule has 2 atom stereocenters. The molecule has 14 heavy (non-hydrogen) atoms. The maximum absolute atomic E-state index is 8.75. The molecule has 0 unspecified atom stereocenters. The summed E-state index contributed by atoms with van der Waals surface area (Å²) in [6, 6.07) is 0. The molecule has 1 fully saturated rings. The third kappa shape index (κ3) is 1.55. The number of rotatable bonds is 0. The van der Waals surface area contributed by atoms with Crippen LogP contribution in [-0.2, 0) is 0 Å². The fraction of sp³-hybridized carbons (Fsp3) is 0.667. The van der Waals surface area contributed by atoms with Gasteiger partial charge in [-0.3, -0.25) is 10.4 Å². The van der Waals surface area contributed by atoms with Gasteiger partial charge >= 0.3 is 0 Å². The summed E-state index contributed by atoms with van der Waals surface area (Å²) in [6.45, 7) is 1.95. The molecule has 2 aliphatic rings. The Morgan fingerprint density at radius 1 is 1.00 bits per heavy atom. The molecule has 2 rings (SSSR count). The minimum atomic E-state index is -0.0319. The molecule has 0 aliphatic carbocycles. The van der Waals surface area contributed by atoms with Crippen molar-refractivity contribution in [1.82, 2.24) is 11.0 Å². The smallest absolute Gasteiger partial charge is 0.256 e. The molecule has 8 N–H and O–H groups in total. The van der Waals surface area contributed by atoms with Crippen LogP contribution in [-0.4, -0.2) is 47.5 Å². The topological polar surface area (TPSA) is 122 Å². The van der Waals surface area contributed by atoms with Gasteiger partial charge in [-0.05, 0) is 0 Å². The van der Waals surface area contributed by atoms with Crippen molar-refractivity contribution in [3.63, 3.8) is 0 Å². The lowest BCUT2D eigenvalue weighted by molar-refractivity contribution is -0.832. The van der Waals surface area contributed by atoms with Gasteiger partial charge in [0.1, 0.15) is 13.1 Å². The van der Waals surface area contributed by atoms with E-state index < -0.39 is 0 Å². The Labute approximate surface area is 80.0 Å². The number of hydrogen-bond donors (Lipinski definition) is 6. The molecule has 8 nitrogen and oxygen atoms in total. The van der Waals surface area contributed by atoms with Crippen LogP contribution in [0, 0.1) is 0 Å².